The van der Waals surface area contributed by atoms with Crippen molar-refractivity contribution in [3.8, 4) is 0 Å². The number of aliphatic hydroxyl groups excluding tert-OH is 1. The second kappa shape index (κ2) is 6.66. The molecule has 1 aliphatic rings. The fourth-order valence-electron chi connectivity index (χ4n) is 1.86. The summed E-state index contributed by atoms with van der Waals surface area (Å²) in [6.45, 7) is 3.55. The van der Waals surface area contributed by atoms with Crippen LogP contribution in [0.2, 0.25) is 0 Å². The van der Waals surface area contributed by atoms with E-state index < -0.39 is 6.10 Å². The first kappa shape index (κ1) is 13.2. The largest absolute Gasteiger partial charge is 0.385 e. The van der Waals surface area contributed by atoms with E-state index in [9.17, 15) is 9.90 Å². The summed E-state index contributed by atoms with van der Waals surface area (Å²) in [4.78, 5) is 11.6. The minimum atomic E-state index is -0.785. The quantitative estimate of drug-likeness (QED) is 0.768. The van der Waals surface area contributed by atoms with Crippen LogP contribution in [0.3, 0.4) is 0 Å². The van der Waals surface area contributed by atoms with Crippen molar-refractivity contribution in [1.29, 1.82) is 0 Å². The Morgan fingerprint density at radius 2 is 2.25 bits per heavy atom. The van der Waals surface area contributed by atoms with Gasteiger partial charge in [0.1, 0.15) is 6.10 Å². The van der Waals surface area contributed by atoms with Gasteiger partial charge in [0.25, 0.3) is 0 Å². The van der Waals surface area contributed by atoms with Gasteiger partial charge in [-0.3, -0.25) is 4.79 Å². The monoisotopic (exact) mass is 240 g/mol. The summed E-state index contributed by atoms with van der Waals surface area (Å²) < 4.78 is 0. The normalized spacial score (nSPS) is 27.4. The maximum absolute atomic E-state index is 11.6. The molecule has 1 aliphatic carbocycles. The van der Waals surface area contributed by atoms with E-state index in [0.29, 0.717) is 17.9 Å². The van der Waals surface area contributed by atoms with E-state index in [4.69, 9.17) is 11.6 Å². The third-order valence-electron chi connectivity index (χ3n) is 2.73. The number of carbonyl (C=O) groups excluding carboxylic acids is 1. The molecule has 0 aromatic rings. The van der Waals surface area contributed by atoms with Crippen molar-refractivity contribution in [2.75, 3.05) is 0 Å². The number of hydrogen-bond acceptors (Lipinski definition) is 2. The van der Waals surface area contributed by atoms with E-state index in [1.807, 2.05) is 0 Å². The highest BCUT2D eigenvalue weighted by Gasteiger charge is 2.29. The minimum absolute atomic E-state index is 0.0644. The van der Waals surface area contributed by atoms with E-state index in [-0.39, 0.29) is 11.7 Å². The third-order valence-corrected chi connectivity index (χ3v) is 3.01. The molecule has 0 radical (unpaired) electrons. The van der Waals surface area contributed by atoms with Gasteiger partial charge in [0.2, 0.25) is 0 Å². The first-order chi connectivity index (χ1) is 7.65. The number of hydrogen-bond donors (Lipinski definition) is 1. The summed E-state index contributed by atoms with van der Waals surface area (Å²) in [5.74, 6) is -0.185. The molecule has 0 spiro atoms. The number of allylic oxidation sites excluding steroid dienone is 5. The summed E-state index contributed by atoms with van der Waals surface area (Å²) in [5, 5.41) is 10.1. The second-order valence-electron chi connectivity index (χ2n) is 3.98. The number of rotatable bonds is 4. The van der Waals surface area contributed by atoms with E-state index in [1.165, 1.54) is 0 Å². The summed E-state index contributed by atoms with van der Waals surface area (Å²) >= 11 is 6.00. The van der Waals surface area contributed by atoms with Gasteiger partial charge in [0.15, 0.2) is 5.78 Å². The van der Waals surface area contributed by atoms with Crippen LogP contribution in [0.4, 0.5) is 0 Å². The predicted molar refractivity (Wildman–Crippen MR) is 66.2 cm³/mol. The molecule has 0 amide bonds. The molecule has 0 saturated heterocycles. The van der Waals surface area contributed by atoms with Crippen molar-refractivity contribution in [2.45, 2.75) is 31.8 Å². The zero-order valence-electron chi connectivity index (χ0n) is 9.23. The Morgan fingerprint density at radius 1 is 1.50 bits per heavy atom. The van der Waals surface area contributed by atoms with Gasteiger partial charge in [-0.15, -0.1) is 0 Å². The number of ketones is 1. The maximum atomic E-state index is 11.6. The fourth-order valence-corrected chi connectivity index (χ4v) is 2.12. The zero-order valence-corrected chi connectivity index (χ0v) is 9.99. The van der Waals surface area contributed by atoms with Crippen LogP contribution in [-0.2, 0) is 4.79 Å². The molecule has 1 rings (SSSR count). The average molecular weight is 241 g/mol. The van der Waals surface area contributed by atoms with Gasteiger partial charge in [0, 0.05) is 11.0 Å². The molecular weight excluding hydrogens is 224 g/mol. The van der Waals surface area contributed by atoms with Gasteiger partial charge in [0.05, 0.1) is 0 Å². The van der Waals surface area contributed by atoms with Crippen LogP contribution in [-0.4, -0.2) is 17.0 Å². The van der Waals surface area contributed by atoms with Gasteiger partial charge in [-0.25, -0.2) is 0 Å². The van der Waals surface area contributed by atoms with Crippen LogP contribution in [0, 0.1) is 5.92 Å². The first-order valence-corrected chi connectivity index (χ1v) is 5.88. The average Bonchev–Trinajstić information content (AvgIpc) is 2.25. The van der Waals surface area contributed by atoms with Crippen LogP contribution in [0.15, 0.2) is 35.9 Å². The van der Waals surface area contributed by atoms with E-state index in [1.54, 1.807) is 24.3 Å². The van der Waals surface area contributed by atoms with Gasteiger partial charge in [-0.1, -0.05) is 36.4 Å². The molecule has 0 aromatic carbocycles. The lowest BCUT2D eigenvalue weighted by molar-refractivity contribution is -0.133. The Bertz CT molecular complexity index is 318. The van der Waals surface area contributed by atoms with Crippen molar-refractivity contribution < 1.29 is 9.90 Å². The molecule has 3 heteroatoms. The Morgan fingerprint density at radius 3 is 2.94 bits per heavy atom. The van der Waals surface area contributed by atoms with Crippen molar-refractivity contribution in [2.24, 2.45) is 5.92 Å². The molecule has 1 N–H and O–H groups in total. The number of aliphatic hydroxyl groups is 1. The molecule has 0 bridgehead atoms. The molecule has 0 aliphatic heterocycles. The van der Waals surface area contributed by atoms with Gasteiger partial charge < -0.3 is 5.11 Å². The topological polar surface area (TPSA) is 37.3 Å². The molecule has 0 unspecified atom stereocenters. The highest BCUT2D eigenvalue weighted by Crippen LogP contribution is 2.27. The third kappa shape index (κ3) is 3.95. The van der Waals surface area contributed by atoms with Gasteiger partial charge in [-0.2, -0.15) is 0 Å². The van der Waals surface area contributed by atoms with Crippen LogP contribution in [0.25, 0.3) is 0 Å². The molecule has 88 valence electrons. The molecule has 16 heavy (non-hydrogen) atoms. The van der Waals surface area contributed by atoms with Crippen molar-refractivity contribution in [1.82, 2.24) is 0 Å². The Hall–Kier alpha value is -0.860. The van der Waals surface area contributed by atoms with Crippen molar-refractivity contribution >= 4 is 17.4 Å². The lowest BCUT2D eigenvalue weighted by atomic mass is 9.84. The van der Waals surface area contributed by atoms with Crippen LogP contribution in [0.1, 0.15) is 25.7 Å². The number of carbonyl (C=O) groups is 1. The molecule has 0 heterocycles. The van der Waals surface area contributed by atoms with Crippen LogP contribution in [0.5, 0.6) is 0 Å². The smallest absolute Gasteiger partial charge is 0.164 e. The van der Waals surface area contributed by atoms with Crippen LogP contribution < -0.4 is 0 Å². The minimum Gasteiger partial charge on any atom is -0.385 e. The van der Waals surface area contributed by atoms with E-state index in [2.05, 4.69) is 6.58 Å². The lowest BCUT2D eigenvalue weighted by Gasteiger charge is -2.24. The first-order valence-electron chi connectivity index (χ1n) is 5.50. The summed E-state index contributed by atoms with van der Waals surface area (Å²) in [7, 11) is 0. The van der Waals surface area contributed by atoms with Crippen molar-refractivity contribution in [3.05, 3.63) is 35.9 Å². The second-order valence-corrected chi connectivity index (χ2v) is 4.47. The van der Waals surface area contributed by atoms with Crippen LogP contribution >= 0.6 is 11.6 Å². The van der Waals surface area contributed by atoms with Gasteiger partial charge >= 0.3 is 0 Å². The molecule has 1 fully saturated rings. The number of Topliss-reactive ketones (excluding diaryl/α,β-unsaturated/α-hetero) is 1. The predicted octanol–water partition coefficient (Wildman–Crippen LogP) is 2.97. The molecule has 1 saturated carbocycles. The molecular formula is C13H17ClO2. The fraction of sp³-hybridized carbons (Fsp3) is 0.462. The standard InChI is InChI=1S/C13H17ClO2/c1-2-3-4-7-11(14)9-10-6-5-8-12(15)13(10)16/h2-4,7,10,12,15H,1,5-6,8-9H2/b4-3-,11-7+/t10-,12+/m0/s1. The molecule has 0 aromatic heterocycles. The number of halogens is 1. The highest BCUT2D eigenvalue weighted by atomic mass is 35.5. The Labute approximate surface area is 101 Å². The Balaban J connectivity index is 2.52. The lowest BCUT2D eigenvalue weighted by Crippen LogP contribution is -2.32. The van der Waals surface area contributed by atoms with Gasteiger partial charge in [-0.05, 0) is 31.8 Å². The van der Waals surface area contributed by atoms with Crippen molar-refractivity contribution in [3.63, 3.8) is 0 Å². The summed E-state index contributed by atoms with van der Waals surface area (Å²) in [6, 6.07) is 0. The Kier molecular flexibility index (Phi) is 5.50. The van der Waals surface area contributed by atoms with E-state index in [0.717, 1.165) is 12.8 Å². The maximum Gasteiger partial charge on any atom is 0.164 e. The van der Waals surface area contributed by atoms with E-state index >= 15 is 0 Å². The SMILES string of the molecule is C=C/C=C\C=C(\Cl)C[C@@H]1CCC[C@@H](O)C1=O. The highest BCUT2D eigenvalue weighted by molar-refractivity contribution is 6.29. The molecule has 2 atom stereocenters. The summed E-state index contributed by atoms with van der Waals surface area (Å²) in [6.07, 6.45) is 9.04. The molecule has 2 nitrogen and oxygen atoms in total. The summed E-state index contributed by atoms with van der Waals surface area (Å²) in [5.41, 5.74) is 0. The zero-order chi connectivity index (χ0) is 12.0.